The maximum atomic E-state index is 8.79. The van der Waals surface area contributed by atoms with Crippen LogP contribution in [-0.4, -0.2) is 18.8 Å². The number of thiocarbonyl (C=S) groups is 1. The van der Waals surface area contributed by atoms with Crippen LogP contribution in [0.2, 0.25) is 10.0 Å². The van der Waals surface area contributed by atoms with Gasteiger partial charge in [-0.1, -0.05) is 53.5 Å². The van der Waals surface area contributed by atoms with Gasteiger partial charge in [-0.25, -0.2) is 0 Å². The maximum absolute atomic E-state index is 8.79. The third kappa shape index (κ3) is 5.02. The Morgan fingerprint density at radius 2 is 1.96 bits per heavy atom. The molecule has 0 aliphatic heterocycles. The van der Waals surface area contributed by atoms with Gasteiger partial charge < -0.3 is 9.64 Å². The maximum Gasteiger partial charge on any atom is 0.186 e. The molecule has 0 radical (unpaired) electrons. The molecule has 138 valence electrons. The predicted molar refractivity (Wildman–Crippen MR) is 112 cm³/mol. The van der Waals surface area contributed by atoms with Crippen molar-refractivity contribution in [1.82, 2.24) is 5.32 Å². The summed E-state index contributed by atoms with van der Waals surface area (Å²) < 4.78 is 5.91. The first-order valence-electron chi connectivity index (χ1n) is 8.01. The van der Waals surface area contributed by atoms with Crippen LogP contribution >= 0.6 is 35.4 Å². The lowest BCUT2D eigenvalue weighted by Crippen LogP contribution is -2.34. The average Bonchev–Trinajstić information content (AvgIpc) is 2.67. The lowest BCUT2D eigenvalue weighted by molar-refractivity contribution is 0.314. The van der Waals surface area contributed by atoms with Crippen molar-refractivity contribution < 1.29 is 4.74 Å². The van der Waals surface area contributed by atoms with Crippen LogP contribution in [-0.2, 0) is 0 Å². The summed E-state index contributed by atoms with van der Waals surface area (Å²) in [5, 5.41) is 20.7. The van der Waals surface area contributed by atoms with Crippen LogP contribution in [0.4, 0.5) is 5.69 Å². The minimum Gasteiger partial charge on any atom is -0.491 e. The number of nitriles is 2. The number of hydrogen-bond donors (Lipinski definition) is 1. The predicted octanol–water partition coefficient (Wildman–Crippen LogP) is 5.13. The van der Waals surface area contributed by atoms with E-state index >= 15 is 0 Å². The third-order valence-corrected chi connectivity index (χ3v) is 4.73. The first kappa shape index (κ1) is 20.8. The second-order valence-electron chi connectivity index (χ2n) is 5.47. The van der Waals surface area contributed by atoms with E-state index < -0.39 is 0 Å². The molecule has 0 atom stereocenters. The molecule has 2 aromatic rings. The van der Waals surface area contributed by atoms with Crippen molar-refractivity contribution in [2.45, 2.75) is 12.8 Å². The van der Waals surface area contributed by atoms with Crippen molar-refractivity contribution in [3.63, 3.8) is 0 Å². The molecule has 0 bridgehead atoms. The first-order chi connectivity index (χ1) is 13.0. The van der Waals surface area contributed by atoms with E-state index in [0.717, 1.165) is 11.1 Å². The molecule has 0 saturated heterocycles. The van der Waals surface area contributed by atoms with Crippen LogP contribution in [0.25, 0.3) is 11.1 Å². The Balaban J connectivity index is 2.54. The molecule has 5 nitrogen and oxygen atoms in total. The van der Waals surface area contributed by atoms with E-state index in [9.17, 15) is 0 Å². The molecular formula is C19H16Cl2N4OS. The van der Waals surface area contributed by atoms with E-state index in [1.165, 1.54) is 4.90 Å². The van der Waals surface area contributed by atoms with Gasteiger partial charge in [0.15, 0.2) is 11.3 Å². The van der Waals surface area contributed by atoms with Crippen molar-refractivity contribution in [2.75, 3.05) is 18.6 Å². The summed E-state index contributed by atoms with van der Waals surface area (Å²) in [6.07, 6.45) is 2.73. The Bertz CT molecular complexity index is 907. The number of anilines is 1. The zero-order chi connectivity index (χ0) is 19.8. The van der Waals surface area contributed by atoms with Gasteiger partial charge >= 0.3 is 0 Å². The van der Waals surface area contributed by atoms with Crippen LogP contribution in [0.15, 0.2) is 36.4 Å². The average molecular weight is 419 g/mol. The van der Waals surface area contributed by atoms with Crippen LogP contribution < -0.4 is 15.0 Å². The van der Waals surface area contributed by atoms with Gasteiger partial charge in [0, 0.05) is 19.0 Å². The minimum absolute atomic E-state index is 0.157. The van der Waals surface area contributed by atoms with Gasteiger partial charge in [-0.3, -0.25) is 5.32 Å². The fraction of sp³-hybridized carbons (Fsp3) is 0.211. The van der Waals surface area contributed by atoms with Gasteiger partial charge in [-0.2, -0.15) is 10.5 Å². The van der Waals surface area contributed by atoms with Crippen molar-refractivity contribution in [3.8, 4) is 29.1 Å². The molecule has 0 fully saturated rings. The summed E-state index contributed by atoms with van der Waals surface area (Å²) >= 11 is 18.3. The van der Waals surface area contributed by atoms with Crippen molar-refractivity contribution in [2.24, 2.45) is 0 Å². The lowest BCUT2D eigenvalue weighted by Gasteiger charge is -2.24. The molecule has 0 heterocycles. The number of nitrogens with one attached hydrogen (secondary N) is 1. The highest BCUT2D eigenvalue weighted by Crippen LogP contribution is 2.46. The molecule has 0 aliphatic rings. The molecule has 27 heavy (non-hydrogen) atoms. The first-order valence-corrected chi connectivity index (χ1v) is 9.17. The molecule has 0 unspecified atom stereocenters. The number of ether oxygens (including phenoxy) is 1. The molecule has 2 aromatic carbocycles. The van der Waals surface area contributed by atoms with Crippen molar-refractivity contribution in [3.05, 3.63) is 46.4 Å². The van der Waals surface area contributed by atoms with Crippen molar-refractivity contribution in [1.29, 1.82) is 10.5 Å². The Kier molecular flexibility index (Phi) is 7.69. The third-order valence-electron chi connectivity index (χ3n) is 3.72. The summed E-state index contributed by atoms with van der Waals surface area (Å²) in [6, 6.07) is 13.4. The summed E-state index contributed by atoms with van der Waals surface area (Å²) in [5.74, 6) is 0.451. The van der Waals surface area contributed by atoms with Crippen LogP contribution in [0, 0.1) is 22.8 Å². The van der Waals surface area contributed by atoms with E-state index in [-0.39, 0.29) is 10.1 Å². The second kappa shape index (κ2) is 9.99. The van der Waals surface area contributed by atoms with Gasteiger partial charge in [-0.05, 0) is 30.3 Å². The Hall–Kier alpha value is -2.51. The largest absolute Gasteiger partial charge is 0.491 e. The SMILES string of the molecule is CN(C(=S)NC#N)c1c(Cl)cc(-c2ccccc2)c(OCCCC#N)c1Cl. The summed E-state index contributed by atoms with van der Waals surface area (Å²) in [4.78, 5) is 1.51. The highest BCUT2D eigenvalue weighted by molar-refractivity contribution is 7.80. The Morgan fingerprint density at radius 3 is 2.59 bits per heavy atom. The van der Waals surface area contributed by atoms with E-state index in [1.54, 1.807) is 19.3 Å². The normalized spacial score (nSPS) is 9.81. The lowest BCUT2D eigenvalue weighted by atomic mass is 10.0. The number of nitrogens with zero attached hydrogens (tertiary/aromatic N) is 3. The van der Waals surface area contributed by atoms with E-state index in [4.69, 9.17) is 50.7 Å². The fourth-order valence-electron chi connectivity index (χ4n) is 2.43. The Morgan fingerprint density at radius 1 is 1.26 bits per heavy atom. The molecule has 8 heteroatoms. The summed E-state index contributed by atoms with van der Waals surface area (Å²) in [7, 11) is 1.65. The topological polar surface area (TPSA) is 72.1 Å². The molecule has 1 N–H and O–H groups in total. The van der Waals surface area contributed by atoms with Crippen LogP contribution in [0.3, 0.4) is 0 Å². The smallest absolute Gasteiger partial charge is 0.186 e. The molecule has 0 saturated carbocycles. The highest BCUT2D eigenvalue weighted by Gasteiger charge is 2.22. The zero-order valence-corrected chi connectivity index (χ0v) is 16.8. The van der Waals surface area contributed by atoms with Crippen molar-refractivity contribution >= 4 is 46.2 Å². The Labute approximate surface area is 173 Å². The fourth-order valence-corrected chi connectivity index (χ4v) is 3.33. The number of rotatable bonds is 6. The van der Waals surface area contributed by atoms with Gasteiger partial charge in [0.1, 0.15) is 10.8 Å². The number of unbranched alkanes of at least 4 members (excludes halogenated alkanes) is 1. The van der Waals surface area contributed by atoms with Gasteiger partial charge in [0.05, 0.1) is 23.4 Å². The monoisotopic (exact) mass is 418 g/mol. The van der Waals surface area contributed by atoms with Gasteiger partial charge in [0.2, 0.25) is 0 Å². The van der Waals surface area contributed by atoms with E-state index in [2.05, 4.69) is 11.4 Å². The van der Waals surface area contributed by atoms with E-state index in [1.807, 2.05) is 30.3 Å². The number of hydrogen-bond acceptors (Lipinski definition) is 4. The summed E-state index contributed by atoms with van der Waals surface area (Å²) in [6.45, 7) is 0.332. The standard InChI is InChI=1S/C19H16Cl2N4OS/c1-25(19(27)24-12-23)17-15(20)11-14(13-7-3-2-4-8-13)18(16(17)21)26-10-6-5-9-22/h2-4,7-8,11H,5-6,10H2,1H3,(H,24,27). The van der Waals surface area contributed by atoms with Gasteiger partial charge in [0.25, 0.3) is 0 Å². The summed E-state index contributed by atoms with van der Waals surface area (Å²) in [5.41, 5.74) is 2.06. The molecule has 0 aromatic heterocycles. The molecular weight excluding hydrogens is 403 g/mol. The van der Waals surface area contributed by atoms with Crippen LogP contribution in [0.5, 0.6) is 5.75 Å². The molecule has 0 aliphatic carbocycles. The van der Waals surface area contributed by atoms with Crippen LogP contribution in [0.1, 0.15) is 12.8 Å². The van der Waals surface area contributed by atoms with Gasteiger partial charge in [-0.15, -0.1) is 0 Å². The number of halogens is 2. The van der Waals surface area contributed by atoms with E-state index in [0.29, 0.717) is 35.9 Å². The zero-order valence-electron chi connectivity index (χ0n) is 14.5. The molecule has 0 spiro atoms. The molecule has 2 rings (SSSR count). The minimum atomic E-state index is 0.157. The second-order valence-corrected chi connectivity index (χ2v) is 6.65. The number of benzene rings is 2. The quantitative estimate of drug-likeness (QED) is 0.303. The highest BCUT2D eigenvalue weighted by atomic mass is 35.5. The molecule has 0 amide bonds.